The van der Waals surface area contributed by atoms with Crippen molar-refractivity contribution in [3.8, 4) is 0 Å². The molecule has 0 saturated carbocycles. The van der Waals surface area contributed by atoms with Crippen LogP contribution < -0.4 is 11.1 Å². The molecule has 0 aromatic rings. The second-order valence-electron chi connectivity index (χ2n) is 4.92. The minimum Gasteiger partial charge on any atom is -0.469 e. The molecule has 0 aromatic heterocycles. The number of amides is 1. The molecule has 1 aliphatic rings. The minimum atomic E-state index is -0.375. The van der Waals surface area contributed by atoms with Gasteiger partial charge in [0, 0.05) is 32.1 Å². The summed E-state index contributed by atoms with van der Waals surface area (Å²) in [6.07, 6.45) is 1.16. The summed E-state index contributed by atoms with van der Waals surface area (Å²) in [7, 11) is 1.37. The van der Waals surface area contributed by atoms with Gasteiger partial charge in [0.2, 0.25) is 5.91 Å². The lowest BCUT2D eigenvalue weighted by molar-refractivity contribution is -0.142. The van der Waals surface area contributed by atoms with Crippen LogP contribution in [0.15, 0.2) is 0 Å². The fourth-order valence-electron chi connectivity index (χ4n) is 2.54. The van der Waals surface area contributed by atoms with Gasteiger partial charge in [0.05, 0.1) is 20.3 Å². The number of carbonyl (C=O) groups is 2. The van der Waals surface area contributed by atoms with E-state index in [1.54, 1.807) is 0 Å². The summed E-state index contributed by atoms with van der Waals surface area (Å²) in [5.74, 6) is -0.483. The third-order valence-electron chi connectivity index (χ3n) is 3.22. The normalized spacial score (nSPS) is 24.1. The van der Waals surface area contributed by atoms with E-state index in [2.05, 4.69) is 10.1 Å². The number of hydrogen-bond donors (Lipinski definition) is 3. The summed E-state index contributed by atoms with van der Waals surface area (Å²) in [5.41, 5.74) is 5.21. The van der Waals surface area contributed by atoms with E-state index in [-0.39, 0.29) is 37.0 Å². The molecule has 0 radical (unpaired) electrons. The number of nitrogens with two attached hydrogens (primary N) is 1. The van der Waals surface area contributed by atoms with E-state index >= 15 is 0 Å². The molecule has 0 aliphatic carbocycles. The molecule has 1 heterocycles. The Hall–Kier alpha value is -1.18. The Balaban J connectivity index is 2.55. The average Bonchev–Trinajstić information content (AvgIpc) is 2.35. The van der Waals surface area contributed by atoms with Crippen LogP contribution in [0.3, 0.4) is 0 Å². The average molecular weight is 273 g/mol. The van der Waals surface area contributed by atoms with E-state index in [4.69, 9.17) is 10.8 Å². The summed E-state index contributed by atoms with van der Waals surface area (Å²) in [6, 6.07) is 0.148. The maximum atomic E-state index is 11.3. The molecule has 2 atom stereocenters. The van der Waals surface area contributed by atoms with Crippen molar-refractivity contribution < 1.29 is 19.4 Å². The molecular weight excluding hydrogens is 250 g/mol. The number of aliphatic hydroxyl groups excluding tert-OH is 1. The Labute approximate surface area is 113 Å². The standard InChI is InChI=1S/C12H23N3O4/c1-19-12(18)5-9-4-10(14-2-3-16)7-15(6-9)8-11(13)17/h9-10,14,16H,2-8H2,1H3,(H2,13,17). The van der Waals surface area contributed by atoms with Crippen molar-refractivity contribution in [2.75, 3.05) is 39.9 Å². The molecular formula is C12H23N3O4. The summed E-state index contributed by atoms with van der Waals surface area (Å²) >= 11 is 0. The van der Waals surface area contributed by atoms with E-state index in [1.807, 2.05) is 4.90 Å². The number of primary amides is 1. The molecule has 1 fully saturated rings. The topological polar surface area (TPSA) is 105 Å². The van der Waals surface area contributed by atoms with Gasteiger partial charge in [-0.2, -0.15) is 0 Å². The molecule has 1 rings (SSSR count). The number of nitrogens with one attached hydrogen (secondary N) is 1. The first-order valence-electron chi connectivity index (χ1n) is 6.46. The summed E-state index contributed by atoms with van der Waals surface area (Å²) < 4.78 is 4.68. The number of rotatable bonds is 7. The third kappa shape index (κ3) is 6.00. The van der Waals surface area contributed by atoms with Crippen LogP contribution >= 0.6 is 0 Å². The number of aliphatic hydroxyl groups is 1. The number of carbonyl (C=O) groups excluding carboxylic acids is 2. The Morgan fingerprint density at radius 2 is 2.21 bits per heavy atom. The van der Waals surface area contributed by atoms with Crippen molar-refractivity contribution in [1.82, 2.24) is 10.2 Å². The predicted molar refractivity (Wildman–Crippen MR) is 69.3 cm³/mol. The number of esters is 1. The number of ether oxygens (including phenoxy) is 1. The van der Waals surface area contributed by atoms with Gasteiger partial charge < -0.3 is 20.9 Å². The van der Waals surface area contributed by atoms with Crippen LogP contribution in [-0.2, 0) is 14.3 Å². The first-order valence-corrected chi connectivity index (χ1v) is 6.46. The third-order valence-corrected chi connectivity index (χ3v) is 3.22. The highest BCUT2D eigenvalue weighted by Crippen LogP contribution is 2.20. The molecule has 0 aromatic carbocycles. The van der Waals surface area contributed by atoms with E-state index < -0.39 is 0 Å². The van der Waals surface area contributed by atoms with Gasteiger partial charge >= 0.3 is 5.97 Å². The molecule has 110 valence electrons. The molecule has 2 unspecified atom stereocenters. The number of hydrogen-bond acceptors (Lipinski definition) is 6. The smallest absolute Gasteiger partial charge is 0.305 e. The van der Waals surface area contributed by atoms with Gasteiger partial charge in [-0.25, -0.2) is 0 Å². The fourth-order valence-corrected chi connectivity index (χ4v) is 2.54. The highest BCUT2D eigenvalue weighted by atomic mass is 16.5. The molecule has 0 spiro atoms. The van der Waals surface area contributed by atoms with Crippen LogP contribution in [-0.4, -0.2) is 67.8 Å². The lowest BCUT2D eigenvalue weighted by atomic mass is 9.91. The van der Waals surface area contributed by atoms with Gasteiger partial charge in [0.15, 0.2) is 0 Å². The molecule has 19 heavy (non-hydrogen) atoms. The lowest BCUT2D eigenvalue weighted by Gasteiger charge is -2.37. The van der Waals surface area contributed by atoms with Crippen molar-refractivity contribution in [3.63, 3.8) is 0 Å². The first kappa shape index (κ1) is 15.9. The second-order valence-corrected chi connectivity index (χ2v) is 4.92. The van der Waals surface area contributed by atoms with Crippen LogP contribution in [0.4, 0.5) is 0 Å². The number of nitrogens with zero attached hydrogens (tertiary/aromatic N) is 1. The molecule has 1 aliphatic heterocycles. The van der Waals surface area contributed by atoms with Gasteiger partial charge in [-0.05, 0) is 12.3 Å². The molecule has 1 saturated heterocycles. The molecule has 0 bridgehead atoms. The van der Waals surface area contributed by atoms with Crippen molar-refractivity contribution in [3.05, 3.63) is 0 Å². The van der Waals surface area contributed by atoms with Gasteiger partial charge in [0.1, 0.15) is 0 Å². The Morgan fingerprint density at radius 3 is 2.79 bits per heavy atom. The monoisotopic (exact) mass is 273 g/mol. The Kier molecular flexibility index (Phi) is 6.75. The van der Waals surface area contributed by atoms with Crippen molar-refractivity contribution in [1.29, 1.82) is 0 Å². The Bertz CT molecular complexity index is 311. The largest absolute Gasteiger partial charge is 0.469 e. The van der Waals surface area contributed by atoms with Crippen molar-refractivity contribution >= 4 is 11.9 Å². The minimum absolute atomic E-state index is 0.0635. The predicted octanol–water partition coefficient (Wildman–Crippen LogP) is -1.69. The van der Waals surface area contributed by atoms with Crippen LogP contribution in [0, 0.1) is 5.92 Å². The van der Waals surface area contributed by atoms with E-state index in [9.17, 15) is 9.59 Å². The molecule has 1 amide bonds. The first-order chi connectivity index (χ1) is 9.05. The Morgan fingerprint density at radius 1 is 1.47 bits per heavy atom. The van der Waals surface area contributed by atoms with E-state index in [0.29, 0.717) is 26.1 Å². The van der Waals surface area contributed by atoms with Gasteiger partial charge in [-0.3, -0.25) is 14.5 Å². The van der Waals surface area contributed by atoms with Crippen molar-refractivity contribution in [2.45, 2.75) is 18.9 Å². The van der Waals surface area contributed by atoms with E-state index in [1.165, 1.54) is 7.11 Å². The van der Waals surface area contributed by atoms with Gasteiger partial charge in [0.25, 0.3) is 0 Å². The van der Waals surface area contributed by atoms with E-state index in [0.717, 1.165) is 6.42 Å². The van der Waals surface area contributed by atoms with Crippen molar-refractivity contribution in [2.24, 2.45) is 11.7 Å². The second kappa shape index (κ2) is 8.08. The van der Waals surface area contributed by atoms with Crippen LogP contribution in [0.1, 0.15) is 12.8 Å². The SMILES string of the molecule is COC(=O)CC1CC(NCCO)CN(CC(N)=O)C1. The fraction of sp³-hybridized carbons (Fsp3) is 0.833. The van der Waals surface area contributed by atoms with Crippen LogP contribution in [0.25, 0.3) is 0 Å². The molecule has 7 heteroatoms. The summed E-state index contributed by atoms with van der Waals surface area (Å²) in [4.78, 5) is 24.3. The van der Waals surface area contributed by atoms with Gasteiger partial charge in [-0.1, -0.05) is 0 Å². The van der Waals surface area contributed by atoms with Crippen LogP contribution in [0.5, 0.6) is 0 Å². The number of likely N-dealkylation sites (tertiary alicyclic amines) is 1. The zero-order valence-corrected chi connectivity index (χ0v) is 11.3. The highest BCUT2D eigenvalue weighted by molar-refractivity contribution is 5.76. The van der Waals surface area contributed by atoms with Crippen LogP contribution in [0.2, 0.25) is 0 Å². The van der Waals surface area contributed by atoms with Gasteiger partial charge in [-0.15, -0.1) is 0 Å². The summed E-state index contributed by atoms with van der Waals surface area (Å²) in [6.45, 7) is 2.11. The quantitative estimate of drug-likeness (QED) is 0.478. The zero-order valence-electron chi connectivity index (χ0n) is 11.3. The lowest BCUT2D eigenvalue weighted by Crippen LogP contribution is -2.52. The maximum absolute atomic E-state index is 11.3. The highest BCUT2D eigenvalue weighted by Gasteiger charge is 2.29. The maximum Gasteiger partial charge on any atom is 0.305 e. The zero-order chi connectivity index (χ0) is 14.3. The number of methoxy groups -OCH3 is 1. The molecule has 4 N–H and O–H groups in total. The molecule has 7 nitrogen and oxygen atoms in total. The number of piperidine rings is 1. The summed E-state index contributed by atoms with van der Waals surface area (Å²) in [5, 5.41) is 12.0.